The molecule has 0 aromatic carbocycles. The standard InChI is InChI=1S/C10H20N2O2/c1-9(2)6-7(8(13)11-5)10(3,4)12(9)14/h7,14H,6H2,1-5H3,(H,11,13). The molecule has 1 rings (SSSR count). The molecule has 4 heteroatoms. The lowest BCUT2D eigenvalue weighted by molar-refractivity contribution is -0.197. The molecule has 0 aliphatic carbocycles. The third kappa shape index (κ3) is 1.53. The lowest BCUT2D eigenvalue weighted by atomic mass is 9.86. The van der Waals surface area contributed by atoms with E-state index in [9.17, 15) is 10.0 Å². The fraction of sp³-hybridized carbons (Fsp3) is 0.900. The van der Waals surface area contributed by atoms with Crippen LogP contribution in [0, 0.1) is 5.92 Å². The number of nitrogens with zero attached hydrogens (tertiary/aromatic N) is 1. The molecule has 0 radical (unpaired) electrons. The van der Waals surface area contributed by atoms with E-state index < -0.39 is 5.54 Å². The first-order chi connectivity index (χ1) is 6.23. The fourth-order valence-electron chi connectivity index (χ4n) is 2.35. The number of amides is 1. The molecule has 1 amide bonds. The Kier molecular flexibility index (Phi) is 2.63. The number of carbonyl (C=O) groups is 1. The zero-order valence-electron chi connectivity index (χ0n) is 9.59. The summed E-state index contributed by atoms with van der Waals surface area (Å²) in [6, 6.07) is 0. The van der Waals surface area contributed by atoms with Gasteiger partial charge in [0.25, 0.3) is 0 Å². The van der Waals surface area contributed by atoms with Crippen molar-refractivity contribution in [1.82, 2.24) is 10.4 Å². The van der Waals surface area contributed by atoms with Crippen molar-refractivity contribution < 1.29 is 10.0 Å². The van der Waals surface area contributed by atoms with Crippen molar-refractivity contribution in [2.24, 2.45) is 5.92 Å². The van der Waals surface area contributed by atoms with Crippen molar-refractivity contribution >= 4 is 5.91 Å². The fourth-order valence-corrected chi connectivity index (χ4v) is 2.35. The first kappa shape index (κ1) is 11.5. The Morgan fingerprint density at radius 3 is 2.21 bits per heavy atom. The molecule has 0 spiro atoms. The molecule has 1 unspecified atom stereocenters. The SMILES string of the molecule is CNC(=O)C1CC(C)(C)N(O)C1(C)C. The predicted octanol–water partition coefficient (Wildman–Crippen LogP) is 1.00. The van der Waals surface area contributed by atoms with Crippen molar-refractivity contribution in [2.75, 3.05) is 7.05 Å². The van der Waals surface area contributed by atoms with Crippen LogP contribution in [0.1, 0.15) is 34.1 Å². The van der Waals surface area contributed by atoms with Crippen LogP contribution in [0.15, 0.2) is 0 Å². The van der Waals surface area contributed by atoms with Gasteiger partial charge in [-0.25, -0.2) is 0 Å². The summed E-state index contributed by atoms with van der Waals surface area (Å²) in [7, 11) is 1.63. The third-order valence-electron chi connectivity index (χ3n) is 3.24. The quantitative estimate of drug-likeness (QED) is 0.664. The van der Waals surface area contributed by atoms with Gasteiger partial charge in [-0.3, -0.25) is 4.79 Å². The zero-order chi connectivity index (χ0) is 11.1. The van der Waals surface area contributed by atoms with E-state index in [1.807, 2.05) is 27.7 Å². The molecule has 0 aromatic heterocycles. The summed E-state index contributed by atoms with van der Waals surface area (Å²) in [5, 5.41) is 13.9. The highest BCUT2D eigenvalue weighted by Crippen LogP contribution is 2.43. The van der Waals surface area contributed by atoms with Gasteiger partial charge in [0.2, 0.25) is 5.91 Å². The van der Waals surface area contributed by atoms with Crippen LogP contribution in [0.25, 0.3) is 0 Å². The van der Waals surface area contributed by atoms with Gasteiger partial charge in [0.15, 0.2) is 0 Å². The summed E-state index contributed by atoms with van der Waals surface area (Å²) in [5.74, 6) is -0.160. The summed E-state index contributed by atoms with van der Waals surface area (Å²) in [6.07, 6.45) is 0.677. The smallest absolute Gasteiger partial charge is 0.224 e. The molecular weight excluding hydrogens is 180 g/mol. The minimum absolute atomic E-state index is 0.000347. The summed E-state index contributed by atoms with van der Waals surface area (Å²) in [4.78, 5) is 11.6. The average molecular weight is 200 g/mol. The third-order valence-corrected chi connectivity index (χ3v) is 3.24. The van der Waals surface area contributed by atoms with E-state index in [2.05, 4.69) is 5.32 Å². The highest BCUT2D eigenvalue weighted by Gasteiger charge is 2.53. The molecule has 0 saturated carbocycles. The van der Waals surface area contributed by atoms with Crippen LogP contribution >= 0.6 is 0 Å². The predicted molar refractivity (Wildman–Crippen MR) is 54.0 cm³/mol. The maximum Gasteiger partial charge on any atom is 0.224 e. The van der Waals surface area contributed by atoms with Crippen LogP contribution in [0.4, 0.5) is 0 Å². The van der Waals surface area contributed by atoms with Gasteiger partial charge in [-0.1, -0.05) is 0 Å². The number of hydrogen-bond acceptors (Lipinski definition) is 3. The second-order valence-corrected chi connectivity index (χ2v) is 5.15. The molecular formula is C10H20N2O2. The van der Waals surface area contributed by atoms with Gasteiger partial charge in [-0.2, -0.15) is 5.06 Å². The van der Waals surface area contributed by atoms with Crippen LogP contribution in [-0.4, -0.2) is 34.3 Å². The maximum atomic E-state index is 11.6. The molecule has 0 aromatic rings. The number of rotatable bonds is 1. The minimum Gasteiger partial charge on any atom is -0.359 e. The summed E-state index contributed by atoms with van der Waals surface area (Å²) in [5.41, 5.74) is -0.829. The second kappa shape index (κ2) is 3.21. The molecule has 0 bridgehead atoms. The number of nitrogens with one attached hydrogen (secondary N) is 1. The Labute approximate surface area is 85.2 Å². The highest BCUT2D eigenvalue weighted by molar-refractivity contribution is 5.80. The number of carbonyl (C=O) groups excluding carboxylic acids is 1. The van der Waals surface area contributed by atoms with Crippen LogP contribution < -0.4 is 5.32 Å². The van der Waals surface area contributed by atoms with E-state index in [1.165, 1.54) is 5.06 Å². The molecule has 2 N–H and O–H groups in total. The summed E-state index contributed by atoms with van der Waals surface area (Å²) < 4.78 is 0. The number of hydrogen-bond donors (Lipinski definition) is 2. The van der Waals surface area contributed by atoms with Gasteiger partial charge in [0.05, 0.1) is 11.5 Å². The Hall–Kier alpha value is -0.610. The average Bonchev–Trinajstić information content (AvgIpc) is 2.25. The molecule has 1 saturated heterocycles. The van der Waals surface area contributed by atoms with Gasteiger partial charge >= 0.3 is 0 Å². The maximum absolute atomic E-state index is 11.6. The topological polar surface area (TPSA) is 52.6 Å². The first-order valence-corrected chi connectivity index (χ1v) is 4.94. The Morgan fingerprint density at radius 1 is 1.43 bits per heavy atom. The summed E-state index contributed by atoms with van der Waals surface area (Å²) >= 11 is 0. The van der Waals surface area contributed by atoms with Gasteiger partial charge < -0.3 is 10.5 Å². The van der Waals surface area contributed by atoms with E-state index in [-0.39, 0.29) is 17.4 Å². The summed E-state index contributed by atoms with van der Waals surface area (Å²) in [6.45, 7) is 7.67. The van der Waals surface area contributed by atoms with E-state index in [0.717, 1.165) is 0 Å². The monoisotopic (exact) mass is 200 g/mol. The largest absolute Gasteiger partial charge is 0.359 e. The van der Waals surface area contributed by atoms with Crippen LogP contribution in [-0.2, 0) is 4.79 Å². The molecule has 4 nitrogen and oxygen atoms in total. The van der Waals surface area contributed by atoms with E-state index >= 15 is 0 Å². The van der Waals surface area contributed by atoms with Crippen LogP contribution in [0.5, 0.6) is 0 Å². The molecule has 1 fully saturated rings. The Bertz CT molecular complexity index is 249. The minimum atomic E-state index is -0.496. The van der Waals surface area contributed by atoms with Gasteiger partial charge in [0.1, 0.15) is 0 Å². The van der Waals surface area contributed by atoms with Gasteiger partial charge in [-0.15, -0.1) is 0 Å². The zero-order valence-corrected chi connectivity index (χ0v) is 9.59. The van der Waals surface area contributed by atoms with Crippen molar-refractivity contribution in [3.63, 3.8) is 0 Å². The second-order valence-electron chi connectivity index (χ2n) is 5.15. The van der Waals surface area contributed by atoms with Crippen molar-refractivity contribution in [1.29, 1.82) is 0 Å². The van der Waals surface area contributed by atoms with Crippen LogP contribution in [0.3, 0.4) is 0 Å². The van der Waals surface area contributed by atoms with Gasteiger partial charge in [0, 0.05) is 12.6 Å². The highest BCUT2D eigenvalue weighted by atomic mass is 16.5. The first-order valence-electron chi connectivity index (χ1n) is 4.94. The lowest BCUT2D eigenvalue weighted by Crippen LogP contribution is -2.49. The van der Waals surface area contributed by atoms with Crippen molar-refractivity contribution in [3.8, 4) is 0 Å². The van der Waals surface area contributed by atoms with Crippen LogP contribution in [0.2, 0.25) is 0 Å². The molecule has 14 heavy (non-hydrogen) atoms. The Morgan fingerprint density at radius 2 is 1.93 bits per heavy atom. The normalized spacial score (nSPS) is 30.3. The van der Waals surface area contributed by atoms with E-state index in [1.54, 1.807) is 7.05 Å². The van der Waals surface area contributed by atoms with Crippen molar-refractivity contribution in [2.45, 2.75) is 45.2 Å². The number of hydroxylamine groups is 2. The molecule has 1 aliphatic heterocycles. The van der Waals surface area contributed by atoms with E-state index in [0.29, 0.717) is 6.42 Å². The Balaban J connectivity index is 2.97. The molecule has 1 aliphatic rings. The molecule has 82 valence electrons. The van der Waals surface area contributed by atoms with E-state index in [4.69, 9.17) is 0 Å². The van der Waals surface area contributed by atoms with Gasteiger partial charge in [-0.05, 0) is 34.1 Å². The lowest BCUT2D eigenvalue weighted by Gasteiger charge is -2.35. The molecule has 1 atom stereocenters. The molecule has 1 heterocycles. The van der Waals surface area contributed by atoms with Crippen molar-refractivity contribution in [3.05, 3.63) is 0 Å².